The van der Waals surface area contributed by atoms with Crippen molar-refractivity contribution in [3.05, 3.63) is 39.0 Å². The minimum atomic E-state index is 0.805. The third-order valence-electron chi connectivity index (χ3n) is 2.09. The van der Waals surface area contributed by atoms with Gasteiger partial charge in [0.25, 0.3) is 0 Å². The summed E-state index contributed by atoms with van der Waals surface area (Å²) in [5.74, 6) is 1.07. The van der Waals surface area contributed by atoms with Gasteiger partial charge in [-0.1, -0.05) is 0 Å². The molecule has 5 heteroatoms. The van der Waals surface area contributed by atoms with Gasteiger partial charge in [-0.25, -0.2) is 4.98 Å². The number of rotatable bonds is 4. The van der Waals surface area contributed by atoms with Crippen LogP contribution < -0.4 is 5.32 Å². The summed E-state index contributed by atoms with van der Waals surface area (Å²) in [5.41, 5.74) is 0. The zero-order valence-corrected chi connectivity index (χ0v) is 10.8. The molecule has 0 fully saturated rings. The summed E-state index contributed by atoms with van der Waals surface area (Å²) < 4.78 is 3.34. The number of halogens is 1. The quantitative estimate of drug-likeness (QED) is 0.935. The van der Waals surface area contributed by atoms with Crippen molar-refractivity contribution in [2.45, 2.75) is 13.1 Å². The molecule has 0 spiro atoms. The summed E-state index contributed by atoms with van der Waals surface area (Å²) in [5, 5.41) is 3.11. The highest BCUT2D eigenvalue weighted by atomic mass is 79.9. The van der Waals surface area contributed by atoms with E-state index in [0.29, 0.717) is 0 Å². The van der Waals surface area contributed by atoms with Crippen LogP contribution in [0.25, 0.3) is 0 Å². The number of nitrogens with zero attached hydrogens (tertiary/aromatic N) is 2. The van der Waals surface area contributed by atoms with Crippen LogP contribution in [0.3, 0.4) is 0 Å². The first-order valence-corrected chi connectivity index (χ1v) is 6.29. The second-order valence-electron chi connectivity index (χ2n) is 3.21. The van der Waals surface area contributed by atoms with Gasteiger partial charge in [-0.05, 0) is 35.1 Å². The number of imidazole rings is 1. The van der Waals surface area contributed by atoms with Gasteiger partial charge in [-0.15, -0.1) is 11.3 Å². The number of hydrogen-bond donors (Lipinski definition) is 1. The summed E-state index contributed by atoms with van der Waals surface area (Å²) >= 11 is 5.23. The van der Waals surface area contributed by atoms with Crippen LogP contribution in [0.2, 0.25) is 0 Å². The molecule has 0 aliphatic heterocycles. The van der Waals surface area contributed by atoms with E-state index in [4.69, 9.17) is 0 Å². The molecule has 0 unspecified atom stereocenters. The molecular formula is C10H12BrN3S. The van der Waals surface area contributed by atoms with Gasteiger partial charge in [0.15, 0.2) is 0 Å². The molecule has 80 valence electrons. The molecule has 0 atom stereocenters. The van der Waals surface area contributed by atoms with Gasteiger partial charge < -0.3 is 9.88 Å². The Morgan fingerprint density at radius 2 is 2.40 bits per heavy atom. The molecule has 3 nitrogen and oxygen atoms in total. The van der Waals surface area contributed by atoms with Crippen LogP contribution in [-0.2, 0) is 13.1 Å². The fourth-order valence-electron chi connectivity index (χ4n) is 1.41. The highest BCUT2D eigenvalue weighted by Gasteiger charge is 2.03. The molecule has 0 saturated heterocycles. The molecule has 2 aromatic rings. The van der Waals surface area contributed by atoms with Gasteiger partial charge in [0.05, 0.1) is 16.9 Å². The Balaban J connectivity index is 2.13. The summed E-state index contributed by atoms with van der Waals surface area (Å²) in [7, 11) is 1.93. The monoisotopic (exact) mass is 285 g/mol. The first kappa shape index (κ1) is 10.9. The van der Waals surface area contributed by atoms with Crippen molar-refractivity contribution in [2.24, 2.45) is 0 Å². The van der Waals surface area contributed by atoms with Gasteiger partial charge in [0.2, 0.25) is 0 Å². The predicted molar refractivity (Wildman–Crippen MR) is 66.1 cm³/mol. The van der Waals surface area contributed by atoms with Crippen LogP contribution in [-0.4, -0.2) is 16.6 Å². The summed E-state index contributed by atoms with van der Waals surface area (Å²) in [4.78, 5) is 5.63. The fraction of sp³-hybridized carbons (Fsp3) is 0.300. The smallest absolute Gasteiger partial charge is 0.122 e. The number of thiophene rings is 1. The lowest BCUT2D eigenvalue weighted by molar-refractivity contribution is 0.677. The molecule has 0 aromatic carbocycles. The average Bonchev–Trinajstić information content (AvgIpc) is 2.78. The zero-order valence-electron chi connectivity index (χ0n) is 8.40. The summed E-state index contributed by atoms with van der Waals surface area (Å²) in [6.45, 7) is 1.70. The van der Waals surface area contributed by atoms with Crippen molar-refractivity contribution in [1.82, 2.24) is 14.9 Å². The lowest BCUT2D eigenvalue weighted by Gasteiger charge is -2.05. The van der Waals surface area contributed by atoms with Crippen LogP contribution in [0, 0.1) is 0 Å². The first-order valence-electron chi connectivity index (χ1n) is 4.68. The van der Waals surface area contributed by atoms with Crippen LogP contribution in [0.5, 0.6) is 0 Å². The van der Waals surface area contributed by atoms with E-state index in [1.165, 1.54) is 8.66 Å². The van der Waals surface area contributed by atoms with Gasteiger partial charge in [-0.3, -0.25) is 0 Å². The third-order valence-corrected chi connectivity index (χ3v) is 3.70. The van der Waals surface area contributed by atoms with E-state index in [9.17, 15) is 0 Å². The molecule has 0 amide bonds. The minimum absolute atomic E-state index is 0.805. The molecule has 0 aliphatic carbocycles. The Bertz CT molecular complexity index is 435. The predicted octanol–water partition coefficient (Wildman–Crippen LogP) is 2.47. The highest BCUT2D eigenvalue weighted by Crippen LogP contribution is 2.23. The zero-order chi connectivity index (χ0) is 10.7. The van der Waals surface area contributed by atoms with Crippen molar-refractivity contribution in [2.75, 3.05) is 7.05 Å². The van der Waals surface area contributed by atoms with Crippen LogP contribution >= 0.6 is 27.3 Å². The molecule has 15 heavy (non-hydrogen) atoms. The molecule has 0 bridgehead atoms. The Labute approximate surface area is 101 Å². The third kappa shape index (κ3) is 2.68. The van der Waals surface area contributed by atoms with Crippen molar-refractivity contribution in [3.63, 3.8) is 0 Å². The largest absolute Gasteiger partial charge is 0.329 e. The fourth-order valence-corrected chi connectivity index (χ4v) is 2.90. The Hall–Kier alpha value is -0.650. The molecule has 2 heterocycles. The van der Waals surface area contributed by atoms with Crippen LogP contribution in [0.4, 0.5) is 0 Å². The molecule has 2 aromatic heterocycles. The topological polar surface area (TPSA) is 29.9 Å². The summed E-state index contributed by atoms with van der Waals surface area (Å²) in [6, 6.07) is 4.21. The van der Waals surface area contributed by atoms with Crippen molar-refractivity contribution in [1.29, 1.82) is 0 Å². The van der Waals surface area contributed by atoms with E-state index in [2.05, 4.69) is 42.9 Å². The summed E-state index contributed by atoms with van der Waals surface area (Å²) in [6.07, 6.45) is 3.86. The number of nitrogens with one attached hydrogen (secondary N) is 1. The van der Waals surface area contributed by atoms with E-state index in [-0.39, 0.29) is 0 Å². The highest BCUT2D eigenvalue weighted by molar-refractivity contribution is 9.11. The van der Waals surface area contributed by atoms with Gasteiger partial charge in [-0.2, -0.15) is 0 Å². The lowest BCUT2D eigenvalue weighted by Crippen LogP contribution is -2.12. The minimum Gasteiger partial charge on any atom is -0.329 e. The van der Waals surface area contributed by atoms with Crippen LogP contribution in [0.15, 0.2) is 28.3 Å². The lowest BCUT2D eigenvalue weighted by atomic mass is 10.4. The SMILES string of the molecule is CNCc1nccn1Cc1ccc(Br)s1. The molecule has 0 radical (unpaired) electrons. The van der Waals surface area contributed by atoms with E-state index in [0.717, 1.165) is 18.9 Å². The Morgan fingerprint density at radius 3 is 3.07 bits per heavy atom. The number of hydrogen-bond acceptors (Lipinski definition) is 3. The average molecular weight is 286 g/mol. The first-order chi connectivity index (χ1) is 7.29. The maximum absolute atomic E-state index is 4.30. The Kier molecular flexibility index (Phi) is 3.56. The second-order valence-corrected chi connectivity index (χ2v) is 5.76. The van der Waals surface area contributed by atoms with Crippen LogP contribution in [0.1, 0.15) is 10.7 Å². The number of aromatic nitrogens is 2. The standard InChI is InChI=1S/C10H12BrN3S/c1-12-6-10-13-4-5-14(10)7-8-2-3-9(11)15-8/h2-5,12H,6-7H2,1H3. The van der Waals surface area contributed by atoms with E-state index in [1.807, 2.05) is 19.4 Å². The Morgan fingerprint density at radius 1 is 1.53 bits per heavy atom. The molecular weight excluding hydrogens is 274 g/mol. The van der Waals surface area contributed by atoms with E-state index < -0.39 is 0 Å². The molecule has 0 saturated carbocycles. The molecule has 2 rings (SSSR count). The van der Waals surface area contributed by atoms with Gasteiger partial charge >= 0.3 is 0 Å². The maximum Gasteiger partial charge on any atom is 0.122 e. The van der Waals surface area contributed by atoms with E-state index in [1.54, 1.807) is 11.3 Å². The van der Waals surface area contributed by atoms with Gasteiger partial charge in [0.1, 0.15) is 5.82 Å². The van der Waals surface area contributed by atoms with E-state index >= 15 is 0 Å². The molecule has 0 aliphatic rings. The van der Waals surface area contributed by atoms with Crippen molar-refractivity contribution < 1.29 is 0 Å². The normalized spacial score (nSPS) is 10.8. The van der Waals surface area contributed by atoms with Gasteiger partial charge in [0, 0.05) is 17.3 Å². The van der Waals surface area contributed by atoms with Crippen molar-refractivity contribution in [3.8, 4) is 0 Å². The second kappa shape index (κ2) is 4.92. The maximum atomic E-state index is 4.30. The molecule has 1 N–H and O–H groups in total. The van der Waals surface area contributed by atoms with Crippen molar-refractivity contribution >= 4 is 27.3 Å².